The third-order valence-corrected chi connectivity index (χ3v) is 4.87. The third-order valence-electron chi connectivity index (χ3n) is 4.34. The number of fused-ring (bicyclic) bond motifs is 1. The molecule has 0 saturated heterocycles. The van der Waals surface area contributed by atoms with Crippen molar-refractivity contribution in [1.82, 2.24) is 10.3 Å². The van der Waals surface area contributed by atoms with Gasteiger partial charge in [-0.05, 0) is 42.1 Å². The molecule has 1 N–H and O–H groups in total. The summed E-state index contributed by atoms with van der Waals surface area (Å²) in [6.45, 7) is 5.75. The highest BCUT2D eigenvalue weighted by molar-refractivity contribution is 7.27. The summed E-state index contributed by atoms with van der Waals surface area (Å²) in [5.41, 5.74) is 1.34. The fourth-order valence-electron chi connectivity index (χ4n) is 2.91. The lowest BCUT2D eigenvalue weighted by atomic mass is 9.93. The Morgan fingerprint density at radius 2 is 2.07 bits per heavy atom. The molecular weight excluding hydrogens is 363 g/mol. The summed E-state index contributed by atoms with van der Waals surface area (Å²) in [7, 11) is 2.49. The van der Waals surface area contributed by atoms with Crippen molar-refractivity contribution in [3.63, 3.8) is 0 Å². The molecule has 136 valence electrons. The molecule has 1 aromatic heterocycles. The van der Waals surface area contributed by atoms with Crippen LogP contribution in [0.15, 0.2) is 55.2 Å². The van der Waals surface area contributed by atoms with Crippen molar-refractivity contribution in [3.8, 4) is 6.07 Å². The minimum Gasteiger partial charge on any atom is -0.367 e. The zero-order chi connectivity index (χ0) is 19.6. The molecule has 1 heterocycles. The fourth-order valence-corrected chi connectivity index (χ4v) is 3.27. The molecule has 3 aromatic rings. The van der Waals surface area contributed by atoms with Gasteiger partial charge in [-0.25, -0.2) is 8.78 Å². The summed E-state index contributed by atoms with van der Waals surface area (Å²) in [4.78, 5) is 4.16. The number of nitriles is 1. The van der Waals surface area contributed by atoms with Crippen LogP contribution in [0.2, 0.25) is 0 Å². The second kappa shape index (κ2) is 7.42. The zero-order valence-corrected chi connectivity index (χ0v) is 15.9. The van der Waals surface area contributed by atoms with Crippen LogP contribution in [-0.2, 0) is 6.42 Å². The fraction of sp³-hybridized carbons (Fsp3) is 0.143. The number of pyridine rings is 1. The Hall–Kier alpha value is -2.83. The number of nitrogens with one attached hydrogen (secondary N) is 1. The quantitative estimate of drug-likeness (QED) is 0.677. The minimum atomic E-state index is -0.961. The first-order valence-electron chi connectivity index (χ1n) is 8.28. The lowest BCUT2D eigenvalue weighted by molar-refractivity contribution is 0.521. The molecule has 0 aliphatic rings. The average Bonchev–Trinajstić information content (AvgIpc) is 2.64. The van der Waals surface area contributed by atoms with Crippen molar-refractivity contribution >= 4 is 31.1 Å². The number of aromatic nitrogens is 1. The highest BCUT2D eigenvalue weighted by Gasteiger charge is 2.26. The standard InChI is InChI=1S/C21H18F2N3P/c1-13(16-8-14-4-3-5-18(23)20(14)25-11-16)26-21(2,12-24)10-15-6-7-17(22)9-19(15)27/h3-9,11,26H,1,10,27H2,2H3. The molecule has 3 rings (SSSR count). The van der Waals surface area contributed by atoms with E-state index in [4.69, 9.17) is 0 Å². The van der Waals surface area contributed by atoms with Gasteiger partial charge in [-0.2, -0.15) is 5.26 Å². The molecule has 0 aliphatic carbocycles. The molecule has 0 aliphatic heterocycles. The molecule has 27 heavy (non-hydrogen) atoms. The summed E-state index contributed by atoms with van der Waals surface area (Å²) in [5.74, 6) is -0.710. The Morgan fingerprint density at radius 3 is 2.78 bits per heavy atom. The van der Waals surface area contributed by atoms with Gasteiger partial charge in [0.1, 0.15) is 22.7 Å². The summed E-state index contributed by atoms with van der Waals surface area (Å²) in [6, 6.07) is 13.2. The molecular formula is C21H18F2N3P. The van der Waals surface area contributed by atoms with Crippen LogP contribution < -0.4 is 10.6 Å². The summed E-state index contributed by atoms with van der Waals surface area (Å²) < 4.78 is 27.1. The monoisotopic (exact) mass is 381 g/mol. The Kier molecular flexibility index (Phi) is 5.21. The van der Waals surface area contributed by atoms with E-state index in [1.54, 1.807) is 31.2 Å². The maximum absolute atomic E-state index is 13.8. The van der Waals surface area contributed by atoms with E-state index < -0.39 is 5.54 Å². The van der Waals surface area contributed by atoms with E-state index in [1.165, 1.54) is 24.4 Å². The van der Waals surface area contributed by atoms with Crippen molar-refractivity contribution in [3.05, 3.63) is 78.0 Å². The van der Waals surface area contributed by atoms with Gasteiger partial charge in [0, 0.05) is 29.3 Å². The van der Waals surface area contributed by atoms with E-state index in [-0.39, 0.29) is 17.2 Å². The van der Waals surface area contributed by atoms with Crippen molar-refractivity contribution in [2.75, 3.05) is 0 Å². The normalized spacial score (nSPS) is 13.0. The van der Waals surface area contributed by atoms with E-state index in [0.717, 1.165) is 5.56 Å². The summed E-state index contributed by atoms with van der Waals surface area (Å²) in [5, 5.41) is 14.2. The number of para-hydroxylation sites is 1. The van der Waals surface area contributed by atoms with Gasteiger partial charge in [-0.15, -0.1) is 9.24 Å². The molecule has 0 radical (unpaired) electrons. The summed E-state index contributed by atoms with van der Waals surface area (Å²) in [6.07, 6.45) is 1.88. The van der Waals surface area contributed by atoms with E-state index in [0.29, 0.717) is 28.4 Å². The molecule has 2 atom stereocenters. The Morgan fingerprint density at radius 1 is 1.30 bits per heavy atom. The Bertz CT molecular complexity index is 1070. The first-order chi connectivity index (χ1) is 12.8. The molecule has 0 bridgehead atoms. The number of hydrogen-bond donors (Lipinski definition) is 1. The van der Waals surface area contributed by atoms with Crippen LogP contribution in [0.5, 0.6) is 0 Å². The second-order valence-corrected chi connectivity index (χ2v) is 7.22. The second-order valence-electron chi connectivity index (χ2n) is 6.60. The Balaban J connectivity index is 1.85. The topological polar surface area (TPSA) is 48.7 Å². The van der Waals surface area contributed by atoms with Gasteiger partial charge in [0.2, 0.25) is 0 Å². The van der Waals surface area contributed by atoms with Gasteiger partial charge in [0.15, 0.2) is 0 Å². The van der Waals surface area contributed by atoms with Crippen molar-refractivity contribution in [2.45, 2.75) is 18.9 Å². The molecule has 6 heteroatoms. The van der Waals surface area contributed by atoms with Crippen LogP contribution in [0.25, 0.3) is 16.6 Å². The lowest BCUT2D eigenvalue weighted by Gasteiger charge is -2.26. The van der Waals surface area contributed by atoms with Crippen LogP contribution in [0, 0.1) is 23.0 Å². The first kappa shape index (κ1) is 18.9. The first-order valence-corrected chi connectivity index (χ1v) is 8.86. The maximum Gasteiger partial charge on any atom is 0.149 e. The minimum absolute atomic E-state index is 0.288. The van der Waals surface area contributed by atoms with Crippen molar-refractivity contribution in [1.29, 1.82) is 5.26 Å². The Labute approximate surface area is 158 Å². The lowest BCUT2D eigenvalue weighted by Crippen LogP contribution is -2.42. The van der Waals surface area contributed by atoms with Crippen LogP contribution in [0.3, 0.4) is 0 Å². The van der Waals surface area contributed by atoms with Crippen LogP contribution in [-0.4, -0.2) is 10.5 Å². The summed E-state index contributed by atoms with van der Waals surface area (Å²) >= 11 is 0. The van der Waals surface area contributed by atoms with Gasteiger partial charge in [-0.1, -0.05) is 24.8 Å². The highest BCUT2D eigenvalue weighted by Crippen LogP contribution is 2.22. The largest absolute Gasteiger partial charge is 0.367 e. The highest BCUT2D eigenvalue weighted by atomic mass is 31.0. The molecule has 3 nitrogen and oxygen atoms in total. The molecule has 0 saturated carbocycles. The number of benzene rings is 2. The average molecular weight is 381 g/mol. The number of rotatable bonds is 5. The van der Waals surface area contributed by atoms with Crippen molar-refractivity contribution < 1.29 is 8.78 Å². The van der Waals surface area contributed by atoms with Crippen LogP contribution in [0.4, 0.5) is 8.78 Å². The van der Waals surface area contributed by atoms with Gasteiger partial charge in [-0.3, -0.25) is 4.98 Å². The van der Waals surface area contributed by atoms with Gasteiger partial charge in [0.05, 0.1) is 6.07 Å². The molecule has 0 fully saturated rings. The third kappa shape index (κ3) is 4.13. The predicted octanol–water partition coefficient (Wildman–Crippen LogP) is 4.10. The van der Waals surface area contributed by atoms with E-state index in [1.807, 2.05) is 0 Å². The van der Waals surface area contributed by atoms with Gasteiger partial charge >= 0.3 is 0 Å². The molecule has 0 spiro atoms. The van der Waals surface area contributed by atoms with Crippen molar-refractivity contribution in [2.24, 2.45) is 0 Å². The van der Waals surface area contributed by atoms with E-state index in [2.05, 4.69) is 32.2 Å². The molecule has 2 unspecified atom stereocenters. The van der Waals surface area contributed by atoms with Crippen LogP contribution in [0.1, 0.15) is 18.1 Å². The van der Waals surface area contributed by atoms with E-state index in [9.17, 15) is 14.0 Å². The number of nitrogens with zero attached hydrogens (tertiary/aromatic N) is 2. The predicted molar refractivity (Wildman–Crippen MR) is 107 cm³/mol. The SMILES string of the molecule is C=C(NC(C)(C#N)Cc1ccc(F)cc1P)c1cnc2c(F)cccc2c1. The van der Waals surface area contributed by atoms with E-state index >= 15 is 0 Å². The molecule has 0 amide bonds. The zero-order valence-electron chi connectivity index (χ0n) is 14.8. The maximum atomic E-state index is 13.8. The van der Waals surface area contributed by atoms with Crippen LogP contribution >= 0.6 is 9.24 Å². The van der Waals surface area contributed by atoms with Gasteiger partial charge < -0.3 is 5.32 Å². The molecule has 2 aromatic carbocycles. The number of halogens is 2. The number of hydrogen-bond acceptors (Lipinski definition) is 3. The van der Waals surface area contributed by atoms with Gasteiger partial charge in [0.25, 0.3) is 0 Å². The smallest absolute Gasteiger partial charge is 0.149 e.